The van der Waals surface area contributed by atoms with Gasteiger partial charge in [0.25, 0.3) is 0 Å². The highest BCUT2D eigenvalue weighted by Crippen LogP contribution is 2.38. The second-order valence-electron chi connectivity index (χ2n) is 7.87. The van der Waals surface area contributed by atoms with Crippen LogP contribution in [0.4, 0.5) is 0 Å². The van der Waals surface area contributed by atoms with Crippen molar-refractivity contribution in [3.63, 3.8) is 0 Å². The fraction of sp³-hybridized carbons (Fsp3) is 1.00. The molecule has 2 aliphatic rings. The molecule has 2 heteroatoms. The fourth-order valence-electron chi connectivity index (χ4n) is 3.96. The maximum absolute atomic E-state index is 4.73. The highest BCUT2D eigenvalue weighted by atomic mass is 32.1. The molecule has 1 saturated heterocycles. The predicted octanol–water partition coefficient (Wildman–Crippen LogP) is 4.77. The van der Waals surface area contributed by atoms with Crippen molar-refractivity contribution < 1.29 is 0 Å². The highest BCUT2D eigenvalue weighted by Gasteiger charge is 2.33. The fourth-order valence-corrected chi connectivity index (χ4v) is 4.37. The van der Waals surface area contributed by atoms with Crippen LogP contribution >= 0.6 is 12.6 Å². The lowest BCUT2D eigenvalue weighted by molar-refractivity contribution is 0.150. The van der Waals surface area contributed by atoms with Crippen LogP contribution in [0.15, 0.2) is 0 Å². The zero-order chi connectivity index (χ0) is 13.8. The summed E-state index contributed by atoms with van der Waals surface area (Å²) in [6, 6.07) is 0. The van der Waals surface area contributed by atoms with Crippen LogP contribution in [0.3, 0.4) is 0 Å². The van der Waals surface area contributed by atoms with Gasteiger partial charge in [-0.15, -0.1) is 0 Å². The van der Waals surface area contributed by atoms with Gasteiger partial charge in [0.15, 0.2) is 0 Å². The molecule has 19 heavy (non-hydrogen) atoms. The molecule has 0 unspecified atom stereocenters. The van der Waals surface area contributed by atoms with Gasteiger partial charge in [-0.1, -0.05) is 39.5 Å². The molecule has 112 valence electrons. The first-order valence-electron chi connectivity index (χ1n) is 8.39. The van der Waals surface area contributed by atoms with Gasteiger partial charge in [0, 0.05) is 6.54 Å². The van der Waals surface area contributed by atoms with Gasteiger partial charge < -0.3 is 4.90 Å². The molecular formula is C17H33NS. The second kappa shape index (κ2) is 6.85. The Bertz CT molecular complexity index is 266. The summed E-state index contributed by atoms with van der Waals surface area (Å²) in [5.74, 6) is 1.09. The van der Waals surface area contributed by atoms with Gasteiger partial charge in [0.05, 0.1) is 0 Å². The molecule has 1 nitrogen and oxygen atoms in total. The molecule has 0 aromatic carbocycles. The Kier molecular flexibility index (Phi) is 5.65. The van der Waals surface area contributed by atoms with Crippen molar-refractivity contribution in [2.45, 2.75) is 71.6 Å². The summed E-state index contributed by atoms with van der Waals surface area (Å²) in [7, 11) is 0. The first-order valence-corrected chi connectivity index (χ1v) is 9.02. The van der Waals surface area contributed by atoms with Gasteiger partial charge in [-0.05, 0) is 61.8 Å². The summed E-state index contributed by atoms with van der Waals surface area (Å²) in [4.78, 5) is 2.76. The average molecular weight is 284 g/mol. The van der Waals surface area contributed by atoms with E-state index in [0.29, 0.717) is 10.8 Å². The number of likely N-dealkylation sites (tertiary alicyclic amines) is 1. The Morgan fingerprint density at radius 3 is 2.16 bits per heavy atom. The van der Waals surface area contributed by atoms with Crippen molar-refractivity contribution in [2.75, 3.05) is 25.4 Å². The van der Waals surface area contributed by atoms with E-state index < -0.39 is 0 Å². The third kappa shape index (κ3) is 4.67. The van der Waals surface area contributed by atoms with Gasteiger partial charge in [0.1, 0.15) is 0 Å². The summed E-state index contributed by atoms with van der Waals surface area (Å²) < 4.78 is 0. The topological polar surface area (TPSA) is 3.24 Å². The SMILES string of the molecule is CC1(C)CCCN(CC2(CS)CCCCCC2)CC1. The summed E-state index contributed by atoms with van der Waals surface area (Å²) >= 11 is 4.73. The van der Waals surface area contributed by atoms with Crippen LogP contribution in [0.5, 0.6) is 0 Å². The smallest absolute Gasteiger partial charge is 0.00458 e. The van der Waals surface area contributed by atoms with Crippen LogP contribution in [0.25, 0.3) is 0 Å². The largest absolute Gasteiger partial charge is 0.303 e. The van der Waals surface area contributed by atoms with Crippen LogP contribution in [-0.2, 0) is 0 Å². The Labute approximate surface area is 125 Å². The van der Waals surface area contributed by atoms with Gasteiger partial charge in [-0.25, -0.2) is 0 Å². The molecule has 0 aromatic rings. The van der Waals surface area contributed by atoms with Gasteiger partial charge >= 0.3 is 0 Å². The minimum atomic E-state index is 0.522. The van der Waals surface area contributed by atoms with Crippen molar-refractivity contribution in [3.05, 3.63) is 0 Å². The molecule has 1 aliphatic heterocycles. The number of hydrogen-bond donors (Lipinski definition) is 1. The van der Waals surface area contributed by atoms with Crippen molar-refractivity contribution in [1.82, 2.24) is 4.90 Å². The maximum atomic E-state index is 4.73. The van der Waals surface area contributed by atoms with Crippen LogP contribution in [0.2, 0.25) is 0 Å². The second-order valence-corrected chi connectivity index (χ2v) is 8.18. The normalized spacial score (nSPS) is 28.6. The number of hydrogen-bond acceptors (Lipinski definition) is 2. The van der Waals surface area contributed by atoms with Crippen LogP contribution in [0, 0.1) is 10.8 Å². The number of rotatable bonds is 3. The quantitative estimate of drug-likeness (QED) is 0.577. The Morgan fingerprint density at radius 1 is 0.842 bits per heavy atom. The lowest BCUT2D eigenvalue weighted by Gasteiger charge is -2.37. The molecule has 0 spiro atoms. The molecule has 0 bridgehead atoms. The summed E-state index contributed by atoms with van der Waals surface area (Å²) in [6.45, 7) is 8.82. The number of thiol groups is 1. The van der Waals surface area contributed by atoms with Crippen molar-refractivity contribution in [2.24, 2.45) is 10.8 Å². The van der Waals surface area contributed by atoms with Crippen LogP contribution < -0.4 is 0 Å². The first kappa shape index (κ1) is 15.7. The lowest BCUT2D eigenvalue weighted by atomic mass is 9.81. The molecule has 2 rings (SSSR count). The monoisotopic (exact) mass is 283 g/mol. The molecule has 0 amide bonds. The molecule has 2 fully saturated rings. The van der Waals surface area contributed by atoms with E-state index in [1.807, 2.05) is 0 Å². The van der Waals surface area contributed by atoms with Crippen LogP contribution in [0.1, 0.15) is 71.6 Å². The summed E-state index contributed by atoms with van der Waals surface area (Å²) in [5, 5.41) is 0. The van der Waals surface area contributed by atoms with E-state index in [9.17, 15) is 0 Å². The zero-order valence-electron chi connectivity index (χ0n) is 13.1. The zero-order valence-corrected chi connectivity index (χ0v) is 14.0. The first-order chi connectivity index (χ1) is 9.05. The van der Waals surface area contributed by atoms with E-state index in [-0.39, 0.29) is 0 Å². The molecule has 1 heterocycles. The third-order valence-corrected chi connectivity index (χ3v) is 6.16. The maximum Gasteiger partial charge on any atom is 0.00458 e. The van der Waals surface area contributed by atoms with Gasteiger partial charge in [-0.2, -0.15) is 12.6 Å². The molecule has 1 saturated carbocycles. The van der Waals surface area contributed by atoms with E-state index in [1.54, 1.807) is 0 Å². The van der Waals surface area contributed by atoms with E-state index >= 15 is 0 Å². The van der Waals surface area contributed by atoms with Crippen molar-refractivity contribution >= 4 is 12.6 Å². The molecule has 0 atom stereocenters. The van der Waals surface area contributed by atoms with Crippen molar-refractivity contribution in [1.29, 1.82) is 0 Å². The highest BCUT2D eigenvalue weighted by molar-refractivity contribution is 7.80. The van der Waals surface area contributed by atoms with E-state index in [4.69, 9.17) is 12.6 Å². The predicted molar refractivity (Wildman–Crippen MR) is 88.1 cm³/mol. The van der Waals surface area contributed by atoms with Gasteiger partial charge in [-0.3, -0.25) is 0 Å². The molecule has 0 N–H and O–H groups in total. The number of nitrogens with zero attached hydrogens (tertiary/aromatic N) is 1. The third-order valence-electron chi connectivity index (χ3n) is 5.49. The molecule has 0 radical (unpaired) electrons. The lowest BCUT2D eigenvalue weighted by Crippen LogP contribution is -2.39. The standard InChI is InChI=1S/C17H33NS/c1-16(2)8-7-12-18(13-11-16)14-17(15-19)9-5-3-4-6-10-17/h19H,3-15H2,1-2H3. The Morgan fingerprint density at radius 2 is 1.53 bits per heavy atom. The molecule has 0 aromatic heterocycles. The van der Waals surface area contributed by atoms with E-state index in [1.165, 1.54) is 77.4 Å². The molecule has 1 aliphatic carbocycles. The van der Waals surface area contributed by atoms with E-state index in [2.05, 4.69) is 18.7 Å². The minimum Gasteiger partial charge on any atom is -0.303 e. The van der Waals surface area contributed by atoms with Crippen LogP contribution in [-0.4, -0.2) is 30.3 Å². The Balaban J connectivity index is 1.93. The van der Waals surface area contributed by atoms with Gasteiger partial charge in [0.2, 0.25) is 0 Å². The Hall–Kier alpha value is 0.310. The summed E-state index contributed by atoms with van der Waals surface area (Å²) in [5.41, 5.74) is 1.08. The molecular weight excluding hydrogens is 250 g/mol. The van der Waals surface area contributed by atoms with Crippen molar-refractivity contribution in [3.8, 4) is 0 Å². The summed E-state index contributed by atoms with van der Waals surface area (Å²) in [6.07, 6.45) is 12.7. The average Bonchev–Trinajstić information content (AvgIpc) is 2.70. The van der Waals surface area contributed by atoms with E-state index in [0.717, 1.165) is 5.75 Å². The minimum absolute atomic E-state index is 0.522.